The van der Waals surface area contributed by atoms with E-state index in [1.807, 2.05) is 0 Å². The van der Waals surface area contributed by atoms with Crippen molar-refractivity contribution >= 4 is 12.4 Å². The number of benzene rings is 1. The van der Waals surface area contributed by atoms with Crippen LogP contribution in [-0.4, -0.2) is 22.7 Å². The lowest BCUT2D eigenvalue weighted by molar-refractivity contribution is -0.274. The first kappa shape index (κ1) is 16.9. The Morgan fingerprint density at radius 1 is 1.30 bits per heavy atom. The Bertz CT molecular complexity index is 466. The molecule has 1 saturated carbocycles. The van der Waals surface area contributed by atoms with Crippen LogP contribution in [-0.2, 0) is 0 Å². The molecule has 1 aromatic rings. The van der Waals surface area contributed by atoms with E-state index in [1.165, 1.54) is 0 Å². The Kier molecular flexibility index (Phi) is 5.12. The summed E-state index contributed by atoms with van der Waals surface area (Å²) in [5.41, 5.74) is 5.81. The van der Waals surface area contributed by atoms with Gasteiger partial charge in [-0.25, -0.2) is 0 Å². The molecule has 8 heteroatoms. The molecule has 4 nitrogen and oxygen atoms in total. The van der Waals surface area contributed by atoms with E-state index >= 15 is 0 Å². The molecule has 0 amide bonds. The number of halogens is 4. The SMILES string of the molecule is Cl.N[C@@H](c1cc(OC(F)(F)F)ccc1O)[C@H](O)C1CC1. The summed E-state index contributed by atoms with van der Waals surface area (Å²) < 4.78 is 40.1. The fourth-order valence-electron chi connectivity index (χ4n) is 1.91. The second-order valence-corrected chi connectivity index (χ2v) is 4.62. The molecule has 0 heterocycles. The standard InChI is InChI=1S/C12H14F3NO3.ClH/c13-12(14,15)19-7-3-4-9(17)8(5-7)10(16)11(18)6-1-2-6;/h3-6,10-11,17-18H,1-2,16H2;1H/t10-,11+;/m0./s1. The summed E-state index contributed by atoms with van der Waals surface area (Å²) in [4.78, 5) is 0. The van der Waals surface area contributed by atoms with Crippen molar-refractivity contribution in [1.82, 2.24) is 0 Å². The minimum Gasteiger partial charge on any atom is -0.508 e. The first-order valence-corrected chi connectivity index (χ1v) is 5.80. The van der Waals surface area contributed by atoms with Gasteiger partial charge in [0.05, 0.1) is 12.1 Å². The second kappa shape index (κ2) is 6.07. The van der Waals surface area contributed by atoms with Crippen molar-refractivity contribution < 1.29 is 28.1 Å². The minimum atomic E-state index is -4.81. The highest BCUT2D eigenvalue weighted by molar-refractivity contribution is 5.85. The molecule has 1 aliphatic rings. The van der Waals surface area contributed by atoms with Crippen LogP contribution in [0.4, 0.5) is 13.2 Å². The highest BCUT2D eigenvalue weighted by Crippen LogP contribution is 2.40. The third-order valence-corrected chi connectivity index (χ3v) is 3.06. The van der Waals surface area contributed by atoms with E-state index < -0.39 is 24.3 Å². The van der Waals surface area contributed by atoms with Gasteiger partial charge in [-0.1, -0.05) is 0 Å². The van der Waals surface area contributed by atoms with Gasteiger partial charge >= 0.3 is 6.36 Å². The fourth-order valence-corrected chi connectivity index (χ4v) is 1.91. The van der Waals surface area contributed by atoms with Crippen LogP contribution in [0.1, 0.15) is 24.4 Å². The number of aromatic hydroxyl groups is 1. The first-order valence-electron chi connectivity index (χ1n) is 5.80. The highest BCUT2D eigenvalue weighted by Gasteiger charge is 2.36. The van der Waals surface area contributed by atoms with Gasteiger partial charge in [0.15, 0.2) is 0 Å². The van der Waals surface area contributed by atoms with Gasteiger partial charge < -0.3 is 20.7 Å². The number of hydrogen-bond donors (Lipinski definition) is 3. The summed E-state index contributed by atoms with van der Waals surface area (Å²) >= 11 is 0. The van der Waals surface area contributed by atoms with E-state index in [-0.39, 0.29) is 29.6 Å². The summed E-state index contributed by atoms with van der Waals surface area (Å²) in [6, 6.07) is 2.11. The Hall–Kier alpha value is -1.18. The van der Waals surface area contributed by atoms with Crippen LogP contribution in [0, 0.1) is 5.92 Å². The fraction of sp³-hybridized carbons (Fsp3) is 0.500. The molecule has 0 aliphatic heterocycles. The highest BCUT2D eigenvalue weighted by atomic mass is 35.5. The third-order valence-electron chi connectivity index (χ3n) is 3.06. The van der Waals surface area contributed by atoms with Gasteiger partial charge in [-0.2, -0.15) is 0 Å². The van der Waals surface area contributed by atoms with Gasteiger partial charge in [0.1, 0.15) is 11.5 Å². The Morgan fingerprint density at radius 2 is 1.90 bits per heavy atom. The Balaban J connectivity index is 0.00000200. The largest absolute Gasteiger partial charge is 0.573 e. The predicted octanol–water partition coefficient (Wildman–Crippen LogP) is 2.48. The van der Waals surface area contributed by atoms with E-state index in [4.69, 9.17) is 5.73 Å². The number of hydrogen-bond acceptors (Lipinski definition) is 4. The number of phenolic OH excluding ortho intramolecular Hbond substituents is 1. The van der Waals surface area contributed by atoms with Crippen LogP contribution < -0.4 is 10.5 Å². The quantitative estimate of drug-likeness (QED) is 0.798. The topological polar surface area (TPSA) is 75.7 Å². The maximum Gasteiger partial charge on any atom is 0.573 e. The van der Waals surface area contributed by atoms with Crippen LogP contribution in [0.3, 0.4) is 0 Å². The van der Waals surface area contributed by atoms with E-state index in [1.54, 1.807) is 0 Å². The van der Waals surface area contributed by atoms with Crippen LogP contribution in [0.15, 0.2) is 18.2 Å². The van der Waals surface area contributed by atoms with Crippen molar-refractivity contribution in [2.75, 3.05) is 0 Å². The van der Waals surface area contributed by atoms with Crippen molar-refractivity contribution in [2.24, 2.45) is 11.7 Å². The molecular formula is C12H15ClF3NO3. The average molecular weight is 314 g/mol. The molecule has 1 aromatic carbocycles. The average Bonchev–Trinajstić information content (AvgIpc) is 3.12. The Morgan fingerprint density at radius 3 is 2.40 bits per heavy atom. The molecule has 0 unspecified atom stereocenters. The molecule has 4 N–H and O–H groups in total. The van der Waals surface area contributed by atoms with Crippen molar-refractivity contribution in [3.8, 4) is 11.5 Å². The summed E-state index contributed by atoms with van der Waals surface area (Å²) in [6.45, 7) is 0. The van der Waals surface area contributed by atoms with Crippen molar-refractivity contribution in [3.05, 3.63) is 23.8 Å². The van der Waals surface area contributed by atoms with E-state index in [9.17, 15) is 23.4 Å². The lowest BCUT2D eigenvalue weighted by atomic mass is 9.98. The molecule has 2 atom stereocenters. The minimum absolute atomic E-state index is 0. The van der Waals surface area contributed by atoms with Gasteiger partial charge in [-0.05, 0) is 37.0 Å². The van der Waals surface area contributed by atoms with Gasteiger partial charge in [-0.3, -0.25) is 0 Å². The summed E-state index contributed by atoms with van der Waals surface area (Å²) in [6.07, 6.45) is -4.04. The normalized spacial score (nSPS) is 18.1. The van der Waals surface area contributed by atoms with Gasteiger partial charge in [-0.15, -0.1) is 25.6 Å². The second-order valence-electron chi connectivity index (χ2n) is 4.62. The van der Waals surface area contributed by atoms with Gasteiger partial charge in [0, 0.05) is 5.56 Å². The van der Waals surface area contributed by atoms with E-state index in [0.717, 1.165) is 31.0 Å². The number of nitrogens with two attached hydrogens (primary N) is 1. The smallest absolute Gasteiger partial charge is 0.508 e. The molecule has 0 radical (unpaired) electrons. The lowest BCUT2D eigenvalue weighted by Gasteiger charge is -2.20. The van der Waals surface area contributed by atoms with Gasteiger partial charge in [0.25, 0.3) is 0 Å². The molecule has 20 heavy (non-hydrogen) atoms. The molecule has 0 bridgehead atoms. The molecule has 1 aliphatic carbocycles. The third kappa shape index (κ3) is 4.16. The first-order chi connectivity index (χ1) is 8.78. The summed E-state index contributed by atoms with van der Waals surface area (Å²) in [5, 5.41) is 19.5. The maximum atomic E-state index is 12.1. The number of ether oxygens (including phenoxy) is 1. The lowest BCUT2D eigenvalue weighted by Crippen LogP contribution is -2.28. The Labute approximate surface area is 119 Å². The zero-order valence-corrected chi connectivity index (χ0v) is 11.1. The number of rotatable bonds is 4. The maximum absolute atomic E-state index is 12.1. The van der Waals surface area contributed by atoms with E-state index in [0.29, 0.717) is 0 Å². The number of aliphatic hydroxyl groups excluding tert-OH is 1. The molecular weight excluding hydrogens is 299 g/mol. The summed E-state index contributed by atoms with van der Waals surface area (Å²) in [5.74, 6) is -0.693. The van der Waals surface area contributed by atoms with Crippen LogP contribution in [0.5, 0.6) is 11.5 Å². The zero-order valence-electron chi connectivity index (χ0n) is 10.3. The molecule has 114 valence electrons. The number of alkyl halides is 3. The summed E-state index contributed by atoms with van der Waals surface area (Å²) in [7, 11) is 0. The number of aliphatic hydroxyl groups is 1. The van der Waals surface area contributed by atoms with Crippen LogP contribution in [0.2, 0.25) is 0 Å². The molecule has 0 aromatic heterocycles. The molecule has 0 spiro atoms. The van der Waals surface area contributed by atoms with Crippen LogP contribution in [0.25, 0.3) is 0 Å². The van der Waals surface area contributed by atoms with Crippen LogP contribution >= 0.6 is 12.4 Å². The molecule has 0 saturated heterocycles. The number of phenols is 1. The molecule has 1 fully saturated rings. The zero-order chi connectivity index (χ0) is 14.2. The van der Waals surface area contributed by atoms with E-state index in [2.05, 4.69) is 4.74 Å². The molecule has 2 rings (SSSR count). The monoisotopic (exact) mass is 313 g/mol. The van der Waals surface area contributed by atoms with Gasteiger partial charge in [0.2, 0.25) is 0 Å². The van der Waals surface area contributed by atoms with Crippen molar-refractivity contribution in [3.63, 3.8) is 0 Å². The van der Waals surface area contributed by atoms with Crippen molar-refractivity contribution in [1.29, 1.82) is 0 Å². The van der Waals surface area contributed by atoms with Crippen molar-refractivity contribution in [2.45, 2.75) is 31.3 Å². The predicted molar refractivity (Wildman–Crippen MR) is 67.7 cm³/mol.